The summed E-state index contributed by atoms with van der Waals surface area (Å²) in [4.78, 5) is 24.7. The van der Waals surface area contributed by atoms with Crippen molar-refractivity contribution in [1.29, 1.82) is 0 Å². The minimum absolute atomic E-state index is 0.0668. The molecule has 0 aliphatic carbocycles. The van der Waals surface area contributed by atoms with Crippen molar-refractivity contribution in [2.45, 2.75) is 13.0 Å². The third-order valence-corrected chi connectivity index (χ3v) is 4.20. The van der Waals surface area contributed by atoms with Gasteiger partial charge in [0.05, 0.1) is 18.8 Å². The first-order valence-electron chi connectivity index (χ1n) is 7.77. The molecule has 0 spiro atoms. The van der Waals surface area contributed by atoms with Crippen LogP contribution in [-0.2, 0) is 0 Å². The second-order valence-corrected chi connectivity index (χ2v) is 6.22. The Labute approximate surface area is 162 Å². The topological polar surface area (TPSA) is 107 Å². The molecule has 1 unspecified atom stereocenters. The number of anilines is 1. The summed E-state index contributed by atoms with van der Waals surface area (Å²) in [6, 6.07) is 3.21. The van der Waals surface area contributed by atoms with Crippen LogP contribution in [-0.4, -0.2) is 37.9 Å². The van der Waals surface area contributed by atoms with Crippen LogP contribution < -0.4 is 15.4 Å². The number of methoxy groups -OCH3 is 1. The number of rotatable bonds is 5. The summed E-state index contributed by atoms with van der Waals surface area (Å²) >= 11 is 3.27. The molecule has 0 bridgehead atoms. The average Bonchev–Trinajstić information content (AvgIpc) is 3.15. The highest BCUT2D eigenvalue weighted by atomic mass is 79.9. The molecule has 0 fully saturated rings. The van der Waals surface area contributed by atoms with Gasteiger partial charge in [0.1, 0.15) is 6.33 Å². The molecule has 140 valence electrons. The highest BCUT2D eigenvalue weighted by molar-refractivity contribution is 9.10. The molecule has 11 heteroatoms. The highest BCUT2D eigenvalue weighted by Gasteiger charge is 2.19. The summed E-state index contributed by atoms with van der Waals surface area (Å²) in [6.45, 7) is 1.73. The van der Waals surface area contributed by atoms with Crippen molar-refractivity contribution >= 4 is 27.6 Å². The minimum atomic E-state index is -0.593. The number of benzene rings is 1. The average molecular weight is 436 g/mol. The lowest BCUT2D eigenvalue weighted by molar-refractivity contribution is 0.248. The molecule has 0 saturated carbocycles. The first-order valence-corrected chi connectivity index (χ1v) is 8.56. The number of nitrogens with one attached hydrogen (secondary N) is 2. The number of aromatic nitrogens is 5. The lowest BCUT2D eigenvalue weighted by Gasteiger charge is -2.15. The normalized spacial score (nSPS) is 11.7. The summed E-state index contributed by atoms with van der Waals surface area (Å²) < 4.78 is 20.6. The number of nitrogens with zero attached hydrogens (tertiary/aromatic N) is 5. The predicted octanol–water partition coefficient (Wildman–Crippen LogP) is 2.85. The van der Waals surface area contributed by atoms with E-state index in [1.54, 1.807) is 25.4 Å². The molecule has 0 radical (unpaired) electrons. The van der Waals surface area contributed by atoms with E-state index in [-0.39, 0.29) is 11.4 Å². The number of hydrogen-bond donors (Lipinski definition) is 2. The number of ether oxygens (including phenoxy) is 1. The van der Waals surface area contributed by atoms with Crippen LogP contribution >= 0.6 is 15.9 Å². The second-order valence-electron chi connectivity index (χ2n) is 5.37. The summed E-state index contributed by atoms with van der Waals surface area (Å²) in [6.07, 6.45) is 4.50. The Morgan fingerprint density at radius 2 is 2.04 bits per heavy atom. The quantitative estimate of drug-likeness (QED) is 0.637. The van der Waals surface area contributed by atoms with Gasteiger partial charge in [-0.2, -0.15) is 9.78 Å². The van der Waals surface area contributed by atoms with Crippen LogP contribution in [0.15, 0.2) is 41.4 Å². The van der Waals surface area contributed by atoms with Crippen molar-refractivity contribution < 1.29 is 13.9 Å². The Morgan fingerprint density at radius 3 is 2.74 bits per heavy atom. The second kappa shape index (κ2) is 8.08. The zero-order valence-corrected chi connectivity index (χ0v) is 15.9. The number of hydrogen-bond acceptors (Lipinski definition) is 6. The van der Waals surface area contributed by atoms with Crippen molar-refractivity contribution in [3.63, 3.8) is 0 Å². The summed E-state index contributed by atoms with van der Waals surface area (Å²) in [5, 5.41) is 9.37. The Hall–Kier alpha value is -3.08. The van der Waals surface area contributed by atoms with E-state index in [4.69, 9.17) is 4.74 Å². The van der Waals surface area contributed by atoms with E-state index in [9.17, 15) is 9.18 Å². The number of halogens is 2. The van der Waals surface area contributed by atoms with Gasteiger partial charge in [0, 0.05) is 22.9 Å². The molecule has 0 saturated heterocycles. The van der Waals surface area contributed by atoms with Gasteiger partial charge in [-0.1, -0.05) is 0 Å². The maximum atomic E-state index is 13.9. The fourth-order valence-electron chi connectivity index (χ4n) is 2.30. The van der Waals surface area contributed by atoms with E-state index in [2.05, 4.69) is 46.6 Å². The Balaban J connectivity index is 1.72. The summed E-state index contributed by atoms with van der Waals surface area (Å²) in [7, 11) is 1.36. The Morgan fingerprint density at radius 1 is 1.30 bits per heavy atom. The molecule has 2 aromatic heterocycles. The van der Waals surface area contributed by atoms with Crippen LogP contribution in [0.25, 0.3) is 5.95 Å². The number of urea groups is 1. The third-order valence-electron chi connectivity index (χ3n) is 3.54. The minimum Gasteiger partial charge on any atom is -0.494 e. The lowest BCUT2D eigenvalue weighted by atomic mass is 10.3. The van der Waals surface area contributed by atoms with E-state index in [0.29, 0.717) is 16.2 Å². The van der Waals surface area contributed by atoms with Gasteiger partial charge in [0.15, 0.2) is 17.4 Å². The molecule has 27 heavy (non-hydrogen) atoms. The maximum Gasteiger partial charge on any atom is 0.319 e. The van der Waals surface area contributed by atoms with Gasteiger partial charge in [-0.15, -0.1) is 0 Å². The van der Waals surface area contributed by atoms with Crippen LogP contribution in [0, 0.1) is 5.82 Å². The van der Waals surface area contributed by atoms with Gasteiger partial charge < -0.3 is 15.4 Å². The fraction of sp³-hybridized carbons (Fsp3) is 0.188. The third kappa shape index (κ3) is 4.19. The molecule has 0 aliphatic rings. The molecular formula is C16H15BrFN7O2. The number of amides is 2. The molecule has 2 heterocycles. The van der Waals surface area contributed by atoms with Gasteiger partial charge in [-0.05, 0) is 35.0 Å². The van der Waals surface area contributed by atoms with Crippen molar-refractivity contribution in [2.75, 3.05) is 12.4 Å². The van der Waals surface area contributed by atoms with Gasteiger partial charge in [-0.25, -0.2) is 24.1 Å². The summed E-state index contributed by atoms with van der Waals surface area (Å²) in [5.74, 6) is 0.248. The van der Waals surface area contributed by atoms with Crippen LogP contribution in [0.5, 0.6) is 5.75 Å². The van der Waals surface area contributed by atoms with Crippen molar-refractivity contribution in [3.8, 4) is 11.7 Å². The van der Waals surface area contributed by atoms with E-state index in [1.165, 1.54) is 24.2 Å². The molecule has 3 rings (SSSR count). The molecule has 0 aliphatic heterocycles. The van der Waals surface area contributed by atoms with Crippen molar-refractivity contribution in [3.05, 3.63) is 53.0 Å². The van der Waals surface area contributed by atoms with Crippen LogP contribution in [0.1, 0.15) is 18.8 Å². The molecule has 3 aromatic rings. The van der Waals surface area contributed by atoms with Crippen LogP contribution in [0.3, 0.4) is 0 Å². The zero-order valence-electron chi connectivity index (χ0n) is 14.3. The first kappa shape index (κ1) is 18.7. The van der Waals surface area contributed by atoms with Gasteiger partial charge >= 0.3 is 6.03 Å². The zero-order chi connectivity index (χ0) is 19.4. The SMILES string of the molecule is COc1cc(Br)c(NC(=O)NC(C)c2ncnn2-c2ncccn2)cc1F. The van der Waals surface area contributed by atoms with E-state index in [1.807, 2.05) is 0 Å². The highest BCUT2D eigenvalue weighted by Crippen LogP contribution is 2.30. The van der Waals surface area contributed by atoms with Gasteiger partial charge in [0.2, 0.25) is 0 Å². The number of carbonyl (C=O) groups excluding carboxylic acids is 1. The first-order chi connectivity index (χ1) is 13.0. The largest absolute Gasteiger partial charge is 0.494 e. The monoisotopic (exact) mass is 435 g/mol. The van der Waals surface area contributed by atoms with Crippen LogP contribution in [0.2, 0.25) is 0 Å². The molecule has 2 N–H and O–H groups in total. The van der Waals surface area contributed by atoms with Crippen molar-refractivity contribution in [2.24, 2.45) is 0 Å². The Bertz CT molecular complexity index is 951. The van der Waals surface area contributed by atoms with Gasteiger partial charge in [-0.3, -0.25) is 0 Å². The molecular weight excluding hydrogens is 421 g/mol. The lowest BCUT2D eigenvalue weighted by Crippen LogP contribution is -2.32. The van der Waals surface area contributed by atoms with E-state index in [0.717, 1.165) is 6.07 Å². The maximum absolute atomic E-state index is 13.9. The number of carbonyl (C=O) groups is 1. The van der Waals surface area contributed by atoms with Crippen molar-refractivity contribution in [1.82, 2.24) is 30.0 Å². The standard InChI is InChI=1S/C16H15BrFN7O2/c1-9(14-21-8-22-25(14)15-19-4-3-5-20-15)23-16(26)24-12-7-11(18)13(27-2)6-10(12)17/h3-9H,1-2H3,(H2,23,24,26). The molecule has 1 atom stereocenters. The Kier molecular flexibility index (Phi) is 5.60. The molecule has 1 aromatic carbocycles. The predicted molar refractivity (Wildman–Crippen MR) is 98.2 cm³/mol. The fourth-order valence-corrected chi connectivity index (χ4v) is 2.72. The van der Waals surface area contributed by atoms with Gasteiger partial charge in [0.25, 0.3) is 5.95 Å². The smallest absolute Gasteiger partial charge is 0.319 e. The summed E-state index contributed by atoms with van der Waals surface area (Å²) in [5.41, 5.74) is 0.255. The van der Waals surface area contributed by atoms with E-state index < -0.39 is 17.9 Å². The molecule has 2 amide bonds. The molecule has 9 nitrogen and oxygen atoms in total. The van der Waals surface area contributed by atoms with E-state index >= 15 is 0 Å². The van der Waals surface area contributed by atoms with Crippen LogP contribution in [0.4, 0.5) is 14.9 Å².